The van der Waals surface area contributed by atoms with Crippen LogP contribution in [0.2, 0.25) is 0 Å². The molecule has 3 heteroatoms. The van der Waals surface area contributed by atoms with Gasteiger partial charge in [-0.25, -0.2) is 4.98 Å². The van der Waals surface area contributed by atoms with Gasteiger partial charge in [-0.15, -0.1) is 0 Å². The van der Waals surface area contributed by atoms with Crippen LogP contribution >= 0.6 is 0 Å². The molecule has 0 atom stereocenters. The largest absolute Gasteiger partial charge is 0.370 e. The number of aromatic nitrogens is 1. The van der Waals surface area contributed by atoms with E-state index in [-0.39, 0.29) is 0 Å². The second-order valence-corrected chi connectivity index (χ2v) is 7.36. The van der Waals surface area contributed by atoms with Gasteiger partial charge in [0.15, 0.2) is 0 Å². The first kappa shape index (κ1) is 16.3. The molecule has 0 amide bonds. The molecule has 0 saturated carbocycles. The Bertz CT molecular complexity index is 428. The van der Waals surface area contributed by atoms with Crippen molar-refractivity contribution >= 4 is 5.82 Å². The molecule has 1 aromatic rings. The molecule has 0 unspecified atom stereocenters. The maximum absolute atomic E-state index is 4.72. The van der Waals surface area contributed by atoms with E-state index in [1.165, 1.54) is 31.6 Å². The van der Waals surface area contributed by atoms with E-state index in [4.69, 9.17) is 4.98 Å². The summed E-state index contributed by atoms with van der Waals surface area (Å²) in [4.78, 5) is 7.27. The van der Waals surface area contributed by atoms with E-state index in [0.29, 0.717) is 5.41 Å². The third-order valence-corrected chi connectivity index (χ3v) is 4.56. The molecule has 0 radical (unpaired) electrons. The van der Waals surface area contributed by atoms with E-state index in [0.717, 1.165) is 31.2 Å². The lowest BCUT2D eigenvalue weighted by Gasteiger charge is -2.38. The normalized spacial score (nSPS) is 17.9. The van der Waals surface area contributed by atoms with Gasteiger partial charge in [0.25, 0.3) is 0 Å². The van der Waals surface area contributed by atoms with Crippen LogP contribution in [-0.2, 0) is 6.54 Å². The predicted molar refractivity (Wildman–Crippen MR) is 90.5 cm³/mol. The minimum Gasteiger partial charge on any atom is -0.370 e. The highest BCUT2D eigenvalue weighted by Gasteiger charge is 2.28. The fourth-order valence-corrected chi connectivity index (χ4v) is 3.11. The zero-order valence-electron chi connectivity index (χ0n) is 14.2. The van der Waals surface area contributed by atoms with Crippen LogP contribution in [0.4, 0.5) is 5.82 Å². The lowest BCUT2D eigenvalue weighted by molar-refractivity contribution is 0.107. The number of piperidine rings is 1. The van der Waals surface area contributed by atoms with Crippen molar-refractivity contribution in [3.8, 4) is 0 Å². The summed E-state index contributed by atoms with van der Waals surface area (Å²) < 4.78 is 0. The van der Waals surface area contributed by atoms with Crippen LogP contribution in [0.15, 0.2) is 18.2 Å². The number of likely N-dealkylation sites (tertiary alicyclic amines) is 1. The summed E-state index contributed by atoms with van der Waals surface area (Å²) in [5, 5.41) is 3.37. The van der Waals surface area contributed by atoms with E-state index in [1.54, 1.807) is 0 Å². The first-order valence-electron chi connectivity index (χ1n) is 8.41. The summed E-state index contributed by atoms with van der Waals surface area (Å²) in [7, 11) is 0. The Morgan fingerprint density at radius 3 is 2.57 bits per heavy atom. The second kappa shape index (κ2) is 7.26. The molecule has 2 rings (SSSR count). The highest BCUT2D eigenvalue weighted by atomic mass is 15.1. The van der Waals surface area contributed by atoms with Gasteiger partial charge < -0.3 is 5.32 Å². The molecule has 1 aliphatic heterocycles. The number of pyridine rings is 1. The highest BCUT2D eigenvalue weighted by Crippen LogP contribution is 2.34. The third-order valence-electron chi connectivity index (χ3n) is 4.56. The zero-order chi connectivity index (χ0) is 15.3. The van der Waals surface area contributed by atoms with Crippen LogP contribution in [0, 0.1) is 11.3 Å². The van der Waals surface area contributed by atoms with Gasteiger partial charge in [-0.2, -0.15) is 0 Å². The highest BCUT2D eigenvalue weighted by molar-refractivity contribution is 5.35. The molecule has 118 valence electrons. The fourth-order valence-electron chi connectivity index (χ4n) is 3.11. The first-order chi connectivity index (χ1) is 9.99. The summed E-state index contributed by atoms with van der Waals surface area (Å²) in [6.45, 7) is 13.7. The Kier molecular flexibility index (Phi) is 5.63. The van der Waals surface area contributed by atoms with Crippen molar-refractivity contribution in [2.75, 3.05) is 25.0 Å². The van der Waals surface area contributed by atoms with Crippen LogP contribution in [0.1, 0.15) is 52.7 Å². The van der Waals surface area contributed by atoms with Gasteiger partial charge >= 0.3 is 0 Å². The van der Waals surface area contributed by atoms with Gasteiger partial charge in [0.05, 0.1) is 5.69 Å². The van der Waals surface area contributed by atoms with Gasteiger partial charge in [-0.05, 0) is 55.8 Å². The molecule has 1 saturated heterocycles. The van der Waals surface area contributed by atoms with Gasteiger partial charge in [0, 0.05) is 13.1 Å². The fraction of sp³-hybridized carbons (Fsp3) is 0.722. The van der Waals surface area contributed by atoms with E-state index in [2.05, 4.69) is 56.1 Å². The molecule has 1 aromatic heterocycles. The Hall–Kier alpha value is -1.09. The number of hydrogen-bond donors (Lipinski definition) is 1. The van der Waals surface area contributed by atoms with Crippen molar-refractivity contribution in [3.63, 3.8) is 0 Å². The summed E-state index contributed by atoms with van der Waals surface area (Å²) in [5.74, 6) is 1.87. The zero-order valence-corrected chi connectivity index (χ0v) is 14.2. The van der Waals surface area contributed by atoms with Gasteiger partial charge in [-0.1, -0.05) is 33.8 Å². The topological polar surface area (TPSA) is 28.2 Å². The molecule has 1 aliphatic rings. The summed E-state index contributed by atoms with van der Waals surface area (Å²) >= 11 is 0. The molecule has 2 heterocycles. The molecule has 1 fully saturated rings. The molecular formula is C18H31N3. The lowest BCUT2D eigenvalue weighted by atomic mass is 9.75. The number of anilines is 1. The lowest BCUT2D eigenvalue weighted by Crippen LogP contribution is -2.37. The average molecular weight is 289 g/mol. The maximum Gasteiger partial charge on any atom is 0.126 e. The Balaban J connectivity index is 1.86. The molecule has 0 aliphatic carbocycles. The molecule has 0 aromatic carbocycles. The van der Waals surface area contributed by atoms with Crippen molar-refractivity contribution < 1.29 is 0 Å². The van der Waals surface area contributed by atoms with E-state index in [9.17, 15) is 0 Å². The molecular weight excluding hydrogens is 258 g/mol. The van der Waals surface area contributed by atoms with E-state index >= 15 is 0 Å². The summed E-state index contributed by atoms with van der Waals surface area (Å²) in [6, 6.07) is 6.32. The smallest absolute Gasteiger partial charge is 0.126 e. The SMILES string of the molecule is CCCNc1cccc(CN2CCC(C(C)(C)C)CC2)n1. The number of rotatable bonds is 5. The maximum atomic E-state index is 4.72. The predicted octanol–water partition coefficient (Wildman–Crippen LogP) is 4.16. The average Bonchev–Trinajstić information content (AvgIpc) is 2.45. The van der Waals surface area contributed by atoms with Gasteiger partial charge in [-0.3, -0.25) is 4.90 Å². The van der Waals surface area contributed by atoms with Gasteiger partial charge in [0.1, 0.15) is 5.82 Å². The monoisotopic (exact) mass is 289 g/mol. The van der Waals surface area contributed by atoms with E-state index < -0.39 is 0 Å². The van der Waals surface area contributed by atoms with E-state index in [1.807, 2.05) is 0 Å². The molecule has 1 N–H and O–H groups in total. The van der Waals surface area contributed by atoms with Crippen LogP contribution in [-0.4, -0.2) is 29.5 Å². The second-order valence-electron chi connectivity index (χ2n) is 7.36. The Morgan fingerprint density at radius 1 is 1.24 bits per heavy atom. The first-order valence-corrected chi connectivity index (χ1v) is 8.41. The minimum atomic E-state index is 0.453. The van der Waals surface area contributed by atoms with Crippen molar-refractivity contribution in [1.29, 1.82) is 0 Å². The van der Waals surface area contributed by atoms with Crippen LogP contribution < -0.4 is 5.32 Å². The van der Waals surface area contributed by atoms with Crippen LogP contribution in [0.5, 0.6) is 0 Å². The van der Waals surface area contributed by atoms with Crippen LogP contribution in [0.25, 0.3) is 0 Å². The number of nitrogens with zero attached hydrogens (tertiary/aromatic N) is 2. The standard InChI is InChI=1S/C18H31N3/c1-5-11-19-17-8-6-7-16(20-17)14-21-12-9-15(10-13-21)18(2,3)4/h6-8,15H,5,9-14H2,1-4H3,(H,19,20). The third kappa shape index (κ3) is 4.99. The quantitative estimate of drug-likeness (QED) is 0.882. The van der Waals surface area contributed by atoms with Crippen molar-refractivity contribution in [1.82, 2.24) is 9.88 Å². The van der Waals surface area contributed by atoms with Crippen molar-refractivity contribution in [2.24, 2.45) is 11.3 Å². The van der Waals surface area contributed by atoms with Crippen molar-refractivity contribution in [2.45, 2.75) is 53.5 Å². The minimum absolute atomic E-state index is 0.453. The summed E-state index contributed by atoms with van der Waals surface area (Å²) in [5.41, 5.74) is 1.64. The molecule has 21 heavy (non-hydrogen) atoms. The Labute approximate surface area is 130 Å². The number of nitrogens with one attached hydrogen (secondary N) is 1. The van der Waals surface area contributed by atoms with Crippen molar-refractivity contribution in [3.05, 3.63) is 23.9 Å². The molecule has 0 bridgehead atoms. The number of hydrogen-bond acceptors (Lipinski definition) is 3. The Morgan fingerprint density at radius 2 is 1.95 bits per heavy atom. The van der Waals surface area contributed by atoms with Crippen LogP contribution in [0.3, 0.4) is 0 Å². The molecule has 0 spiro atoms. The van der Waals surface area contributed by atoms with Gasteiger partial charge in [0.2, 0.25) is 0 Å². The summed E-state index contributed by atoms with van der Waals surface area (Å²) in [6.07, 6.45) is 3.76. The molecule has 3 nitrogen and oxygen atoms in total.